The van der Waals surface area contributed by atoms with Crippen molar-refractivity contribution >= 4 is 11.8 Å². The van der Waals surface area contributed by atoms with Crippen molar-refractivity contribution in [3.63, 3.8) is 0 Å². The Hall–Kier alpha value is -1.55. The number of hydrogen-bond acceptors (Lipinski definition) is 3. The first-order valence-electron chi connectivity index (χ1n) is 5.33. The van der Waals surface area contributed by atoms with Gasteiger partial charge in [-0.15, -0.1) is 0 Å². The maximum Gasteiger partial charge on any atom is 0.411 e. The number of hydrogen-bond donors (Lipinski definition) is 2. The first-order valence-corrected chi connectivity index (χ1v) is 5.33. The van der Waals surface area contributed by atoms with E-state index in [9.17, 15) is 4.79 Å². The van der Waals surface area contributed by atoms with E-state index in [1.54, 1.807) is 0 Å². The van der Waals surface area contributed by atoms with Crippen molar-refractivity contribution in [2.45, 2.75) is 26.5 Å². The number of carbonyl (C=O) groups excluding carboxylic acids is 1. The summed E-state index contributed by atoms with van der Waals surface area (Å²) in [6, 6.07) is 7.63. The minimum absolute atomic E-state index is 0.108. The SMILES string of the molecule is CNCc1ccc(NC(=O)OC(C)C)cc1. The van der Waals surface area contributed by atoms with Gasteiger partial charge in [0.05, 0.1) is 6.10 Å². The van der Waals surface area contributed by atoms with Crippen LogP contribution in [-0.4, -0.2) is 19.2 Å². The number of benzene rings is 1. The summed E-state index contributed by atoms with van der Waals surface area (Å²) in [4.78, 5) is 11.3. The van der Waals surface area contributed by atoms with Crippen molar-refractivity contribution in [1.29, 1.82) is 0 Å². The highest BCUT2D eigenvalue weighted by Crippen LogP contribution is 2.10. The van der Waals surface area contributed by atoms with E-state index in [2.05, 4.69) is 10.6 Å². The van der Waals surface area contributed by atoms with Gasteiger partial charge < -0.3 is 10.1 Å². The van der Waals surface area contributed by atoms with E-state index >= 15 is 0 Å². The smallest absolute Gasteiger partial charge is 0.411 e. The summed E-state index contributed by atoms with van der Waals surface area (Å²) in [6.45, 7) is 4.45. The molecule has 1 amide bonds. The predicted molar refractivity (Wildman–Crippen MR) is 64.4 cm³/mol. The molecular formula is C12H18N2O2. The minimum Gasteiger partial charge on any atom is -0.447 e. The van der Waals surface area contributed by atoms with Crippen molar-refractivity contribution < 1.29 is 9.53 Å². The number of anilines is 1. The second-order valence-corrected chi connectivity index (χ2v) is 3.81. The molecule has 0 spiro atoms. The minimum atomic E-state index is -0.420. The van der Waals surface area contributed by atoms with Gasteiger partial charge in [-0.3, -0.25) is 5.32 Å². The Morgan fingerprint density at radius 3 is 2.44 bits per heavy atom. The molecule has 0 aliphatic carbocycles. The second-order valence-electron chi connectivity index (χ2n) is 3.81. The van der Waals surface area contributed by atoms with E-state index in [-0.39, 0.29) is 6.10 Å². The Morgan fingerprint density at radius 1 is 1.31 bits per heavy atom. The summed E-state index contributed by atoms with van der Waals surface area (Å²) in [5.74, 6) is 0. The Kier molecular flexibility index (Phi) is 4.79. The average molecular weight is 222 g/mol. The van der Waals surface area contributed by atoms with Crippen molar-refractivity contribution in [3.8, 4) is 0 Å². The molecule has 4 heteroatoms. The van der Waals surface area contributed by atoms with Crippen molar-refractivity contribution in [1.82, 2.24) is 5.32 Å². The van der Waals surface area contributed by atoms with Crippen LogP contribution in [0.4, 0.5) is 10.5 Å². The molecule has 2 N–H and O–H groups in total. The van der Waals surface area contributed by atoms with Crippen LogP contribution >= 0.6 is 0 Å². The zero-order chi connectivity index (χ0) is 12.0. The first kappa shape index (κ1) is 12.5. The molecule has 0 aromatic heterocycles. The highest BCUT2D eigenvalue weighted by Gasteiger charge is 2.04. The maximum atomic E-state index is 11.3. The van der Waals surface area contributed by atoms with E-state index in [1.165, 1.54) is 5.56 Å². The fourth-order valence-electron chi connectivity index (χ4n) is 1.27. The van der Waals surface area contributed by atoms with Crippen LogP contribution in [0.3, 0.4) is 0 Å². The van der Waals surface area contributed by atoms with Crippen LogP contribution in [0.1, 0.15) is 19.4 Å². The standard InChI is InChI=1S/C12H18N2O2/c1-9(2)16-12(15)14-11-6-4-10(5-7-11)8-13-3/h4-7,9,13H,8H2,1-3H3,(H,14,15). The van der Waals surface area contributed by atoms with Gasteiger partial charge in [-0.1, -0.05) is 12.1 Å². The van der Waals surface area contributed by atoms with E-state index in [0.29, 0.717) is 0 Å². The molecule has 1 aromatic carbocycles. The van der Waals surface area contributed by atoms with E-state index < -0.39 is 6.09 Å². The van der Waals surface area contributed by atoms with Gasteiger partial charge in [-0.2, -0.15) is 0 Å². The van der Waals surface area contributed by atoms with Crippen LogP contribution in [-0.2, 0) is 11.3 Å². The van der Waals surface area contributed by atoms with Crippen molar-refractivity contribution in [2.75, 3.05) is 12.4 Å². The van der Waals surface area contributed by atoms with E-state index in [4.69, 9.17) is 4.74 Å². The molecule has 16 heavy (non-hydrogen) atoms. The molecule has 0 aliphatic heterocycles. The van der Waals surface area contributed by atoms with Gasteiger partial charge >= 0.3 is 6.09 Å². The first-order chi connectivity index (χ1) is 7.61. The number of carbonyl (C=O) groups is 1. The molecule has 1 rings (SSSR count). The summed E-state index contributed by atoms with van der Waals surface area (Å²) >= 11 is 0. The molecule has 0 unspecified atom stereocenters. The Balaban J connectivity index is 2.51. The summed E-state index contributed by atoms with van der Waals surface area (Å²) in [7, 11) is 1.90. The molecule has 0 fully saturated rings. The molecule has 0 radical (unpaired) electrons. The second kappa shape index (κ2) is 6.12. The van der Waals surface area contributed by atoms with Crippen LogP contribution in [0, 0.1) is 0 Å². The molecule has 1 aromatic rings. The Labute approximate surface area is 96.0 Å². The Morgan fingerprint density at radius 2 is 1.94 bits per heavy atom. The van der Waals surface area contributed by atoms with Gasteiger partial charge in [-0.25, -0.2) is 4.79 Å². The lowest BCUT2D eigenvalue weighted by molar-refractivity contribution is 0.130. The van der Waals surface area contributed by atoms with Crippen LogP contribution in [0.25, 0.3) is 0 Å². The zero-order valence-corrected chi connectivity index (χ0v) is 9.91. The molecule has 0 saturated heterocycles. The van der Waals surface area contributed by atoms with Gasteiger partial charge in [-0.05, 0) is 38.6 Å². The van der Waals surface area contributed by atoms with Gasteiger partial charge in [0.1, 0.15) is 0 Å². The third kappa shape index (κ3) is 4.31. The summed E-state index contributed by atoms with van der Waals surface area (Å²) in [5, 5.41) is 5.72. The molecule has 0 aliphatic rings. The highest BCUT2D eigenvalue weighted by atomic mass is 16.6. The van der Waals surface area contributed by atoms with Gasteiger partial charge in [0.2, 0.25) is 0 Å². The average Bonchev–Trinajstić information content (AvgIpc) is 2.20. The lowest BCUT2D eigenvalue weighted by atomic mass is 10.2. The number of amides is 1. The third-order valence-electron chi connectivity index (χ3n) is 1.92. The number of ether oxygens (including phenoxy) is 1. The monoisotopic (exact) mass is 222 g/mol. The van der Waals surface area contributed by atoms with Crippen LogP contribution in [0.2, 0.25) is 0 Å². The van der Waals surface area contributed by atoms with Crippen LogP contribution in [0.5, 0.6) is 0 Å². The lowest BCUT2D eigenvalue weighted by Gasteiger charge is -2.09. The van der Waals surface area contributed by atoms with Crippen LogP contribution in [0.15, 0.2) is 24.3 Å². The lowest BCUT2D eigenvalue weighted by Crippen LogP contribution is -2.17. The van der Waals surface area contributed by atoms with Gasteiger partial charge in [0.25, 0.3) is 0 Å². The molecule has 88 valence electrons. The number of nitrogens with one attached hydrogen (secondary N) is 2. The molecular weight excluding hydrogens is 204 g/mol. The Bertz CT molecular complexity index is 333. The third-order valence-corrected chi connectivity index (χ3v) is 1.92. The van der Waals surface area contributed by atoms with Crippen molar-refractivity contribution in [3.05, 3.63) is 29.8 Å². The summed E-state index contributed by atoms with van der Waals surface area (Å²) in [5.41, 5.74) is 1.91. The molecule has 0 saturated carbocycles. The largest absolute Gasteiger partial charge is 0.447 e. The van der Waals surface area contributed by atoms with Crippen LogP contribution < -0.4 is 10.6 Å². The normalized spacial score (nSPS) is 10.2. The quantitative estimate of drug-likeness (QED) is 0.822. The summed E-state index contributed by atoms with van der Waals surface area (Å²) < 4.78 is 4.97. The van der Waals surface area contributed by atoms with E-state index in [1.807, 2.05) is 45.2 Å². The maximum absolute atomic E-state index is 11.3. The zero-order valence-electron chi connectivity index (χ0n) is 9.91. The van der Waals surface area contributed by atoms with Crippen molar-refractivity contribution in [2.24, 2.45) is 0 Å². The predicted octanol–water partition coefficient (Wildman–Crippen LogP) is 2.36. The van der Waals surface area contributed by atoms with Gasteiger partial charge in [0, 0.05) is 12.2 Å². The van der Waals surface area contributed by atoms with E-state index in [0.717, 1.165) is 12.2 Å². The number of rotatable bonds is 4. The highest BCUT2D eigenvalue weighted by molar-refractivity contribution is 5.84. The fourth-order valence-corrected chi connectivity index (χ4v) is 1.27. The van der Waals surface area contributed by atoms with Gasteiger partial charge in [0.15, 0.2) is 0 Å². The molecule has 0 atom stereocenters. The molecule has 4 nitrogen and oxygen atoms in total. The molecule has 0 bridgehead atoms. The fraction of sp³-hybridized carbons (Fsp3) is 0.417. The topological polar surface area (TPSA) is 50.4 Å². The summed E-state index contributed by atoms with van der Waals surface area (Å²) in [6.07, 6.45) is -0.528. The molecule has 0 heterocycles.